The van der Waals surface area contributed by atoms with E-state index in [0.29, 0.717) is 0 Å². The normalized spacial score (nSPS) is 13.2. The molecule has 0 heterocycles. The van der Waals surface area contributed by atoms with E-state index in [1.165, 1.54) is 38.0 Å². The van der Waals surface area contributed by atoms with Gasteiger partial charge in [-0.1, -0.05) is 0 Å². The van der Waals surface area contributed by atoms with Gasteiger partial charge in [0.2, 0.25) is 0 Å². The van der Waals surface area contributed by atoms with Crippen LogP contribution in [0.15, 0.2) is 0 Å². The maximum atomic E-state index is 2.43. The van der Waals surface area contributed by atoms with Crippen molar-refractivity contribution in [1.82, 2.24) is 0 Å². The van der Waals surface area contributed by atoms with E-state index in [9.17, 15) is 0 Å². The van der Waals surface area contributed by atoms with Gasteiger partial charge in [-0.05, 0) is 0 Å². The van der Waals surface area contributed by atoms with E-state index in [1.807, 2.05) is 0 Å². The standard InChI is InChI=1S/C12H29P/c1-5-9-10-12-13(7-3,8-4)11-6-2/h13H,5-12H2,1-4H3. The molecule has 0 N–H and O–H groups in total. The van der Waals surface area contributed by atoms with E-state index in [0.717, 1.165) is 0 Å². The predicted octanol–water partition coefficient (Wildman–Crippen LogP) is 4.38. The van der Waals surface area contributed by atoms with Crippen LogP contribution in [-0.4, -0.2) is 24.6 Å². The summed E-state index contributed by atoms with van der Waals surface area (Å²) in [5.41, 5.74) is 0. The van der Waals surface area contributed by atoms with Crippen LogP contribution in [0, 0.1) is 0 Å². The van der Waals surface area contributed by atoms with E-state index < -0.39 is 7.26 Å². The molecule has 13 heavy (non-hydrogen) atoms. The third-order valence-electron chi connectivity index (χ3n) is 3.59. The van der Waals surface area contributed by atoms with Crippen molar-refractivity contribution in [2.45, 2.75) is 53.4 Å². The third-order valence-corrected chi connectivity index (χ3v) is 9.57. The first-order valence-electron chi connectivity index (χ1n) is 6.24. The van der Waals surface area contributed by atoms with Gasteiger partial charge in [-0.25, -0.2) is 0 Å². The molecule has 0 saturated heterocycles. The van der Waals surface area contributed by atoms with Gasteiger partial charge < -0.3 is 0 Å². The molecule has 0 bridgehead atoms. The molecule has 0 unspecified atom stereocenters. The summed E-state index contributed by atoms with van der Waals surface area (Å²) in [6.07, 6.45) is 12.0. The van der Waals surface area contributed by atoms with Crippen LogP contribution < -0.4 is 0 Å². The van der Waals surface area contributed by atoms with Crippen LogP contribution in [0.2, 0.25) is 0 Å². The van der Waals surface area contributed by atoms with Crippen LogP contribution >= 0.6 is 7.26 Å². The van der Waals surface area contributed by atoms with Crippen LogP contribution in [0.1, 0.15) is 53.4 Å². The summed E-state index contributed by atoms with van der Waals surface area (Å²) in [6, 6.07) is 0. The van der Waals surface area contributed by atoms with Crippen molar-refractivity contribution in [3.63, 3.8) is 0 Å². The van der Waals surface area contributed by atoms with E-state index in [-0.39, 0.29) is 0 Å². The molecule has 0 aliphatic heterocycles. The average Bonchev–Trinajstić information content (AvgIpc) is 2.17. The average molecular weight is 204 g/mol. The molecular weight excluding hydrogens is 175 g/mol. The molecule has 0 aromatic carbocycles. The number of hydrogen-bond acceptors (Lipinski definition) is 0. The molecule has 0 fully saturated rings. The van der Waals surface area contributed by atoms with Crippen LogP contribution in [0.4, 0.5) is 0 Å². The van der Waals surface area contributed by atoms with Crippen molar-refractivity contribution in [3.05, 3.63) is 0 Å². The molecule has 0 aromatic rings. The molecule has 0 nitrogen and oxygen atoms in total. The fourth-order valence-corrected chi connectivity index (χ4v) is 6.59. The molecule has 0 aliphatic carbocycles. The van der Waals surface area contributed by atoms with Gasteiger partial charge in [0.1, 0.15) is 0 Å². The second-order valence-corrected chi connectivity index (χ2v) is 9.83. The third kappa shape index (κ3) is 5.01. The topological polar surface area (TPSA) is 0 Å². The van der Waals surface area contributed by atoms with Gasteiger partial charge in [0.05, 0.1) is 0 Å². The molecular formula is C12H29P. The first-order valence-corrected chi connectivity index (χ1v) is 9.07. The minimum atomic E-state index is -0.781. The molecule has 0 aromatic heterocycles. The van der Waals surface area contributed by atoms with E-state index in [2.05, 4.69) is 27.7 Å². The second kappa shape index (κ2) is 7.80. The fraction of sp³-hybridized carbons (Fsp3) is 1.00. The van der Waals surface area contributed by atoms with Gasteiger partial charge in [0.15, 0.2) is 0 Å². The molecule has 0 radical (unpaired) electrons. The van der Waals surface area contributed by atoms with Gasteiger partial charge in [0, 0.05) is 0 Å². The zero-order chi connectivity index (χ0) is 10.2. The van der Waals surface area contributed by atoms with Crippen LogP contribution in [0.3, 0.4) is 0 Å². The number of unbranched alkanes of at least 4 members (excludes halogenated alkanes) is 2. The van der Waals surface area contributed by atoms with Crippen molar-refractivity contribution in [1.29, 1.82) is 0 Å². The Labute approximate surface area is 85.8 Å². The Morgan fingerprint density at radius 2 is 1.31 bits per heavy atom. The molecule has 0 amide bonds. The molecule has 0 saturated carbocycles. The summed E-state index contributed by atoms with van der Waals surface area (Å²) >= 11 is 0. The summed E-state index contributed by atoms with van der Waals surface area (Å²) in [5, 5.41) is 0. The Bertz CT molecular complexity index is 106. The van der Waals surface area contributed by atoms with Crippen molar-refractivity contribution in [2.75, 3.05) is 24.6 Å². The summed E-state index contributed by atoms with van der Waals surface area (Å²) in [7, 11) is -0.781. The zero-order valence-corrected chi connectivity index (χ0v) is 11.2. The minimum absolute atomic E-state index is 0.781. The summed E-state index contributed by atoms with van der Waals surface area (Å²) in [6.45, 7) is 9.52. The quantitative estimate of drug-likeness (QED) is 0.406. The Hall–Kier alpha value is 0.430. The van der Waals surface area contributed by atoms with Crippen LogP contribution in [0.5, 0.6) is 0 Å². The van der Waals surface area contributed by atoms with E-state index in [4.69, 9.17) is 0 Å². The van der Waals surface area contributed by atoms with Crippen molar-refractivity contribution >= 4 is 7.26 Å². The van der Waals surface area contributed by atoms with E-state index >= 15 is 0 Å². The van der Waals surface area contributed by atoms with Crippen molar-refractivity contribution < 1.29 is 0 Å². The molecule has 1 heteroatoms. The first kappa shape index (κ1) is 13.4. The van der Waals surface area contributed by atoms with Gasteiger partial charge in [-0.2, -0.15) is 0 Å². The molecule has 82 valence electrons. The number of rotatable bonds is 8. The summed E-state index contributed by atoms with van der Waals surface area (Å²) in [4.78, 5) is 0. The maximum absolute atomic E-state index is 2.43. The predicted molar refractivity (Wildman–Crippen MR) is 68.9 cm³/mol. The van der Waals surface area contributed by atoms with Gasteiger partial charge in [0.25, 0.3) is 0 Å². The van der Waals surface area contributed by atoms with Gasteiger partial charge in [-0.15, -0.1) is 0 Å². The summed E-state index contributed by atoms with van der Waals surface area (Å²) in [5.74, 6) is 0. The molecule has 0 atom stereocenters. The molecule has 0 rings (SSSR count). The Balaban J connectivity index is 3.89. The Kier molecular flexibility index (Phi) is 8.06. The molecule has 0 aliphatic rings. The Morgan fingerprint density at radius 3 is 1.69 bits per heavy atom. The zero-order valence-electron chi connectivity index (χ0n) is 10.2. The SMILES string of the molecule is CCCCC[PH](CC)(CC)CCC. The number of hydrogen-bond donors (Lipinski definition) is 0. The van der Waals surface area contributed by atoms with Crippen LogP contribution in [0.25, 0.3) is 0 Å². The fourth-order valence-electron chi connectivity index (χ4n) is 2.36. The van der Waals surface area contributed by atoms with Crippen molar-refractivity contribution in [2.24, 2.45) is 0 Å². The van der Waals surface area contributed by atoms with Gasteiger partial charge >= 0.3 is 85.3 Å². The van der Waals surface area contributed by atoms with Crippen LogP contribution in [-0.2, 0) is 0 Å². The second-order valence-electron chi connectivity index (χ2n) is 4.41. The summed E-state index contributed by atoms with van der Waals surface area (Å²) < 4.78 is 0. The molecule has 0 spiro atoms. The van der Waals surface area contributed by atoms with Gasteiger partial charge in [-0.3, -0.25) is 0 Å². The Morgan fingerprint density at radius 1 is 0.692 bits per heavy atom. The van der Waals surface area contributed by atoms with E-state index in [1.54, 1.807) is 12.3 Å². The first-order chi connectivity index (χ1) is 6.24. The monoisotopic (exact) mass is 204 g/mol. The van der Waals surface area contributed by atoms with Crippen molar-refractivity contribution in [3.8, 4) is 0 Å².